The Bertz CT molecular complexity index is 891. The zero-order chi connectivity index (χ0) is 21.7. The lowest BCUT2D eigenvalue weighted by Crippen LogP contribution is -2.41. The van der Waals surface area contributed by atoms with Gasteiger partial charge in [-0.3, -0.25) is 4.79 Å². The Balaban J connectivity index is 1.62. The predicted molar refractivity (Wildman–Crippen MR) is 111 cm³/mol. The molecule has 7 nitrogen and oxygen atoms in total. The molecule has 2 N–H and O–H groups in total. The number of carbonyl (C=O) groups excluding carboxylic acids is 2. The molecule has 1 fully saturated rings. The van der Waals surface area contributed by atoms with Gasteiger partial charge in [-0.15, -0.1) is 0 Å². The van der Waals surface area contributed by atoms with Crippen molar-refractivity contribution in [1.82, 2.24) is 20.2 Å². The number of piperidine rings is 1. The normalized spacial score (nSPS) is 16.9. The molecule has 1 unspecified atom stereocenters. The molecule has 1 aliphatic heterocycles. The molecule has 0 spiro atoms. The fourth-order valence-electron chi connectivity index (χ4n) is 3.55. The zero-order valence-corrected chi connectivity index (χ0v) is 17.7. The van der Waals surface area contributed by atoms with E-state index in [4.69, 9.17) is 4.74 Å². The van der Waals surface area contributed by atoms with E-state index < -0.39 is 11.7 Å². The number of alkyl carbamates (subject to hydrolysis) is 1. The first-order chi connectivity index (χ1) is 14.2. The van der Waals surface area contributed by atoms with Crippen LogP contribution in [0.2, 0.25) is 0 Å². The summed E-state index contributed by atoms with van der Waals surface area (Å²) in [5.41, 5.74) is 0.850. The molecule has 1 aliphatic rings. The van der Waals surface area contributed by atoms with Crippen LogP contribution in [0.3, 0.4) is 0 Å². The van der Waals surface area contributed by atoms with Crippen molar-refractivity contribution in [1.29, 1.82) is 0 Å². The van der Waals surface area contributed by atoms with Crippen molar-refractivity contribution < 1.29 is 18.7 Å². The Morgan fingerprint density at radius 2 is 2.13 bits per heavy atom. The van der Waals surface area contributed by atoms with Gasteiger partial charge >= 0.3 is 6.09 Å². The highest BCUT2D eigenvalue weighted by molar-refractivity contribution is 5.78. The van der Waals surface area contributed by atoms with E-state index in [9.17, 15) is 14.0 Å². The van der Waals surface area contributed by atoms with Crippen LogP contribution >= 0.6 is 0 Å². The van der Waals surface area contributed by atoms with Crippen molar-refractivity contribution in [2.75, 3.05) is 13.1 Å². The fraction of sp³-hybridized carbons (Fsp3) is 0.500. The highest BCUT2D eigenvalue weighted by Crippen LogP contribution is 2.31. The summed E-state index contributed by atoms with van der Waals surface area (Å²) in [6.07, 6.45) is 4.07. The summed E-state index contributed by atoms with van der Waals surface area (Å²) in [6, 6.07) is 6.15. The highest BCUT2D eigenvalue weighted by atomic mass is 19.1. The van der Waals surface area contributed by atoms with Crippen LogP contribution < -0.4 is 5.32 Å². The van der Waals surface area contributed by atoms with Gasteiger partial charge in [0, 0.05) is 25.1 Å². The predicted octanol–water partition coefficient (Wildman–Crippen LogP) is 4.18. The third kappa shape index (κ3) is 5.81. The highest BCUT2D eigenvalue weighted by Gasteiger charge is 2.30. The Kier molecular flexibility index (Phi) is 6.74. The lowest BCUT2D eigenvalue weighted by molar-refractivity contribution is -0.135. The molecule has 0 radical (unpaired) electrons. The van der Waals surface area contributed by atoms with Crippen molar-refractivity contribution >= 4 is 12.0 Å². The van der Waals surface area contributed by atoms with Crippen LogP contribution in [0, 0.1) is 5.82 Å². The molecule has 2 aromatic rings. The third-order valence-electron chi connectivity index (χ3n) is 4.88. The van der Waals surface area contributed by atoms with E-state index in [1.165, 1.54) is 12.1 Å². The van der Waals surface area contributed by atoms with Crippen LogP contribution in [0.25, 0.3) is 11.3 Å². The summed E-state index contributed by atoms with van der Waals surface area (Å²) in [5, 5.41) is 2.63. The number of hydrogen-bond acceptors (Lipinski definition) is 4. The molecule has 1 aromatic heterocycles. The minimum absolute atomic E-state index is 0.0422. The van der Waals surface area contributed by atoms with Crippen molar-refractivity contribution in [3.8, 4) is 11.3 Å². The van der Waals surface area contributed by atoms with E-state index in [0.29, 0.717) is 23.6 Å². The Morgan fingerprint density at radius 1 is 1.33 bits per heavy atom. The number of amides is 2. The first-order valence-corrected chi connectivity index (χ1v) is 10.3. The number of aromatic nitrogens is 2. The second-order valence-corrected chi connectivity index (χ2v) is 8.47. The number of imidazole rings is 1. The number of hydrogen-bond donors (Lipinski definition) is 2. The topological polar surface area (TPSA) is 87.3 Å². The summed E-state index contributed by atoms with van der Waals surface area (Å²) < 4.78 is 18.7. The number of H-pyrrole nitrogens is 1. The number of aromatic amines is 1. The van der Waals surface area contributed by atoms with E-state index in [2.05, 4.69) is 15.3 Å². The summed E-state index contributed by atoms with van der Waals surface area (Å²) in [5.74, 6) is 0.345. The van der Waals surface area contributed by atoms with Crippen LogP contribution in [0.15, 0.2) is 30.5 Å². The largest absolute Gasteiger partial charge is 0.444 e. The minimum atomic E-state index is -0.579. The summed E-state index contributed by atoms with van der Waals surface area (Å²) in [7, 11) is 0. The van der Waals surface area contributed by atoms with Crippen molar-refractivity contribution in [3.63, 3.8) is 0 Å². The molecule has 1 atom stereocenters. The molecule has 2 heterocycles. The zero-order valence-electron chi connectivity index (χ0n) is 17.7. The maximum Gasteiger partial charge on any atom is 0.407 e. The summed E-state index contributed by atoms with van der Waals surface area (Å²) in [4.78, 5) is 34.1. The quantitative estimate of drug-likeness (QED) is 0.765. The van der Waals surface area contributed by atoms with Crippen molar-refractivity contribution in [2.45, 2.75) is 58.1 Å². The molecule has 1 aromatic carbocycles. The first-order valence-electron chi connectivity index (χ1n) is 10.3. The number of halogens is 1. The van der Waals surface area contributed by atoms with Gasteiger partial charge in [-0.2, -0.15) is 0 Å². The second-order valence-electron chi connectivity index (χ2n) is 8.47. The average molecular weight is 416 g/mol. The second kappa shape index (κ2) is 9.28. The minimum Gasteiger partial charge on any atom is -0.444 e. The third-order valence-corrected chi connectivity index (χ3v) is 4.88. The fourth-order valence-corrected chi connectivity index (χ4v) is 3.55. The van der Waals surface area contributed by atoms with Gasteiger partial charge in [0.25, 0.3) is 0 Å². The van der Waals surface area contributed by atoms with Crippen LogP contribution in [0.4, 0.5) is 9.18 Å². The molecule has 8 heteroatoms. The molecule has 0 saturated carbocycles. The van der Waals surface area contributed by atoms with Gasteiger partial charge in [0.1, 0.15) is 17.2 Å². The van der Waals surface area contributed by atoms with Gasteiger partial charge in [-0.25, -0.2) is 14.2 Å². The van der Waals surface area contributed by atoms with Crippen LogP contribution in [-0.4, -0.2) is 45.6 Å². The molecule has 0 bridgehead atoms. The van der Waals surface area contributed by atoms with Crippen LogP contribution in [0.1, 0.15) is 58.3 Å². The van der Waals surface area contributed by atoms with Crippen LogP contribution in [-0.2, 0) is 9.53 Å². The SMILES string of the molecule is CC(C)(C)OC(=O)NCCC(=O)N1CCCCC1c1ncc(-c2cccc(F)c2)[nH]1. The lowest BCUT2D eigenvalue weighted by Gasteiger charge is -2.34. The molecule has 1 saturated heterocycles. The molecule has 162 valence electrons. The van der Waals surface area contributed by atoms with E-state index in [0.717, 1.165) is 19.3 Å². The van der Waals surface area contributed by atoms with Gasteiger partial charge in [0.05, 0.1) is 17.9 Å². The van der Waals surface area contributed by atoms with Gasteiger partial charge in [0.15, 0.2) is 0 Å². The molecule has 2 amide bonds. The number of likely N-dealkylation sites (tertiary alicyclic amines) is 1. The Morgan fingerprint density at radius 3 is 2.87 bits per heavy atom. The van der Waals surface area contributed by atoms with Crippen molar-refractivity contribution in [2.24, 2.45) is 0 Å². The Hall–Kier alpha value is -2.90. The molecular formula is C22H29FN4O3. The van der Waals surface area contributed by atoms with Gasteiger partial charge in [0.2, 0.25) is 5.91 Å². The summed E-state index contributed by atoms with van der Waals surface area (Å²) >= 11 is 0. The standard InChI is InChI=1S/C22H29FN4O3/c1-22(2,3)30-21(29)24-11-10-19(28)27-12-5-4-9-18(27)20-25-14-17(26-20)15-7-6-8-16(23)13-15/h6-8,13-14,18H,4-5,9-12H2,1-3H3,(H,24,29)(H,25,26). The number of ether oxygens (including phenoxy) is 1. The number of benzene rings is 1. The van der Waals surface area contributed by atoms with E-state index in [-0.39, 0.29) is 30.7 Å². The maximum absolute atomic E-state index is 13.5. The van der Waals surface area contributed by atoms with Crippen molar-refractivity contribution in [3.05, 3.63) is 42.1 Å². The number of carbonyl (C=O) groups is 2. The van der Waals surface area contributed by atoms with Gasteiger partial charge < -0.3 is 19.9 Å². The number of rotatable bonds is 5. The monoisotopic (exact) mass is 416 g/mol. The number of nitrogens with zero attached hydrogens (tertiary/aromatic N) is 2. The summed E-state index contributed by atoms with van der Waals surface area (Å²) in [6.45, 7) is 6.22. The first kappa shape index (κ1) is 21.8. The van der Waals surface area contributed by atoms with E-state index in [1.807, 2.05) is 11.0 Å². The smallest absolute Gasteiger partial charge is 0.407 e. The molecule has 0 aliphatic carbocycles. The maximum atomic E-state index is 13.5. The van der Waals surface area contributed by atoms with E-state index in [1.54, 1.807) is 33.0 Å². The molecule has 30 heavy (non-hydrogen) atoms. The Labute approximate surface area is 176 Å². The van der Waals surface area contributed by atoms with Gasteiger partial charge in [-0.05, 0) is 52.2 Å². The average Bonchev–Trinajstić information content (AvgIpc) is 3.16. The lowest BCUT2D eigenvalue weighted by atomic mass is 10.0. The van der Waals surface area contributed by atoms with Crippen LogP contribution in [0.5, 0.6) is 0 Å². The van der Waals surface area contributed by atoms with E-state index >= 15 is 0 Å². The molecule has 3 rings (SSSR count). The molecular weight excluding hydrogens is 387 g/mol. The van der Waals surface area contributed by atoms with Gasteiger partial charge in [-0.1, -0.05) is 12.1 Å². The number of nitrogens with one attached hydrogen (secondary N) is 2.